The van der Waals surface area contributed by atoms with E-state index in [9.17, 15) is 14.0 Å². The number of carbonyl (C=O) groups is 2. The third-order valence-corrected chi connectivity index (χ3v) is 5.41. The van der Waals surface area contributed by atoms with Crippen molar-refractivity contribution in [3.05, 3.63) is 83.1 Å². The van der Waals surface area contributed by atoms with Crippen molar-refractivity contribution in [2.24, 2.45) is 0 Å². The molecular weight excluding hydrogens is 431 g/mol. The number of hydrogen-bond acceptors (Lipinski definition) is 3. The standard InChI is InChI=1S/C24H22ClFN4O2/c25-17-5-9-19(10-6-17)28-24(32)29-21-15-20(11-12-22(21)30-13-1-2-14-30)27-23(31)16-3-7-18(26)8-4-16/h3-12,15H,1-2,13-14H2,(H,27,31)(H2,28,29,32). The van der Waals surface area contributed by atoms with Crippen LogP contribution in [0.4, 0.5) is 31.9 Å². The van der Waals surface area contributed by atoms with Crippen molar-refractivity contribution < 1.29 is 14.0 Å². The molecule has 0 aromatic heterocycles. The molecule has 0 aliphatic carbocycles. The molecule has 0 unspecified atom stereocenters. The highest BCUT2D eigenvalue weighted by molar-refractivity contribution is 6.30. The van der Waals surface area contributed by atoms with E-state index in [1.165, 1.54) is 24.3 Å². The molecule has 3 aromatic carbocycles. The summed E-state index contributed by atoms with van der Waals surface area (Å²) in [6.07, 6.45) is 2.17. The molecule has 0 atom stereocenters. The normalized spacial score (nSPS) is 13.0. The van der Waals surface area contributed by atoms with Gasteiger partial charge in [0.05, 0.1) is 11.4 Å². The van der Waals surface area contributed by atoms with Gasteiger partial charge in [0, 0.05) is 35.1 Å². The van der Waals surface area contributed by atoms with E-state index in [2.05, 4.69) is 20.9 Å². The zero-order valence-electron chi connectivity index (χ0n) is 17.2. The maximum Gasteiger partial charge on any atom is 0.323 e. The summed E-state index contributed by atoms with van der Waals surface area (Å²) >= 11 is 5.90. The topological polar surface area (TPSA) is 73.5 Å². The molecule has 8 heteroatoms. The molecule has 1 fully saturated rings. The van der Waals surface area contributed by atoms with Crippen molar-refractivity contribution in [2.75, 3.05) is 33.9 Å². The fourth-order valence-corrected chi connectivity index (χ4v) is 3.70. The van der Waals surface area contributed by atoms with E-state index in [1.54, 1.807) is 36.4 Å². The maximum absolute atomic E-state index is 13.1. The fraction of sp³-hybridized carbons (Fsp3) is 0.167. The van der Waals surface area contributed by atoms with Gasteiger partial charge in [0.15, 0.2) is 0 Å². The van der Waals surface area contributed by atoms with Gasteiger partial charge in [-0.25, -0.2) is 9.18 Å². The summed E-state index contributed by atoms with van der Waals surface area (Å²) in [7, 11) is 0. The Kier molecular flexibility index (Phi) is 6.56. The van der Waals surface area contributed by atoms with Crippen molar-refractivity contribution in [2.45, 2.75) is 12.8 Å². The highest BCUT2D eigenvalue weighted by Crippen LogP contribution is 2.32. The smallest absolute Gasteiger partial charge is 0.323 e. The Labute approximate surface area is 190 Å². The summed E-state index contributed by atoms with van der Waals surface area (Å²) < 4.78 is 13.1. The third kappa shape index (κ3) is 5.36. The zero-order chi connectivity index (χ0) is 22.5. The zero-order valence-corrected chi connectivity index (χ0v) is 18.0. The average molecular weight is 453 g/mol. The molecule has 0 spiro atoms. The molecule has 164 valence electrons. The Morgan fingerprint density at radius 2 is 1.47 bits per heavy atom. The second-order valence-corrected chi connectivity index (χ2v) is 7.91. The number of halogens is 2. The van der Waals surface area contributed by atoms with E-state index < -0.39 is 11.8 Å². The molecule has 1 aliphatic heterocycles. The van der Waals surface area contributed by atoms with Gasteiger partial charge in [-0.05, 0) is 79.6 Å². The van der Waals surface area contributed by atoms with Crippen LogP contribution in [0.1, 0.15) is 23.2 Å². The number of rotatable bonds is 5. The van der Waals surface area contributed by atoms with E-state index in [0.717, 1.165) is 31.6 Å². The highest BCUT2D eigenvalue weighted by atomic mass is 35.5. The quantitative estimate of drug-likeness (QED) is 0.446. The predicted octanol–water partition coefficient (Wildman–Crippen LogP) is 5.98. The lowest BCUT2D eigenvalue weighted by Gasteiger charge is -2.22. The minimum absolute atomic E-state index is 0.338. The Morgan fingerprint density at radius 3 is 2.16 bits per heavy atom. The lowest BCUT2D eigenvalue weighted by atomic mass is 10.2. The van der Waals surface area contributed by atoms with Crippen LogP contribution in [0.25, 0.3) is 0 Å². The minimum Gasteiger partial charge on any atom is -0.370 e. The number of nitrogens with zero attached hydrogens (tertiary/aromatic N) is 1. The summed E-state index contributed by atoms with van der Waals surface area (Å²) in [4.78, 5) is 27.3. The first kappa shape index (κ1) is 21.6. The Bertz CT molecular complexity index is 1110. The molecule has 4 rings (SSSR count). The van der Waals surface area contributed by atoms with Gasteiger partial charge < -0.3 is 20.9 Å². The molecule has 1 saturated heterocycles. The van der Waals surface area contributed by atoms with Crippen LogP contribution in [0, 0.1) is 5.82 Å². The molecule has 0 saturated carbocycles. The van der Waals surface area contributed by atoms with Gasteiger partial charge in [0.1, 0.15) is 5.82 Å². The Hall–Kier alpha value is -3.58. The first-order chi connectivity index (χ1) is 15.5. The molecule has 0 radical (unpaired) electrons. The number of hydrogen-bond donors (Lipinski definition) is 3. The van der Waals surface area contributed by atoms with Crippen molar-refractivity contribution in [3.63, 3.8) is 0 Å². The largest absolute Gasteiger partial charge is 0.370 e. The summed E-state index contributed by atoms with van der Waals surface area (Å²) in [5.74, 6) is -0.773. The molecule has 6 nitrogen and oxygen atoms in total. The van der Waals surface area contributed by atoms with Crippen LogP contribution in [0.2, 0.25) is 5.02 Å². The monoisotopic (exact) mass is 452 g/mol. The summed E-state index contributed by atoms with van der Waals surface area (Å²) in [5, 5.41) is 9.04. The molecule has 1 heterocycles. The van der Waals surface area contributed by atoms with E-state index in [4.69, 9.17) is 11.6 Å². The van der Waals surface area contributed by atoms with Gasteiger partial charge >= 0.3 is 6.03 Å². The Balaban J connectivity index is 1.53. The molecule has 32 heavy (non-hydrogen) atoms. The second kappa shape index (κ2) is 9.70. The molecule has 3 amide bonds. The number of benzene rings is 3. The molecular formula is C24H22ClFN4O2. The van der Waals surface area contributed by atoms with Crippen LogP contribution < -0.4 is 20.9 Å². The summed E-state index contributed by atoms with van der Waals surface area (Å²) in [6.45, 7) is 1.80. The molecule has 3 aromatic rings. The summed E-state index contributed by atoms with van der Waals surface area (Å²) in [6, 6.07) is 17.1. The van der Waals surface area contributed by atoms with Gasteiger partial charge in [-0.1, -0.05) is 11.6 Å². The van der Waals surface area contributed by atoms with Crippen LogP contribution >= 0.6 is 11.6 Å². The molecule has 1 aliphatic rings. The minimum atomic E-state index is -0.408. The van der Waals surface area contributed by atoms with Crippen LogP contribution in [0.3, 0.4) is 0 Å². The number of urea groups is 1. The van der Waals surface area contributed by atoms with Crippen molar-refractivity contribution in [1.29, 1.82) is 0 Å². The van der Waals surface area contributed by atoms with Gasteiger partial charge in [-0.15, -0.1) is 0 Å². The lowest BCUT2D eigenvalue weighted by molar-refractivity contribution is 0.102. The number of carbonyl (C=O) groups excluding carboxylic acids is 2. The number of nitrogens with one attached hydrogen (secondary N) is 3. The fourth-order valence-electron chi connectivity index (χ4n) is 3.57. The van der Waals surface area contributed by atoms with E-state index in [0.29, 0.717) is 27.6 Å². The first-order valence-corrected chi connectivity index (χ1v) is 10.7. The summed E-state index contributed by atoms with van der Waals surface area (Å²) in [5.41, 5.74) is 2.92. The number of amides is 3. The van der Waals surface area contributed by atoms with Gasteiger partial charge in [-0.2, -0.15) is 0 Å². The third-order valence-electron chi connectivity index (χ3n) is 5.16. The van der Waals surface area contributed by atoms with Crippen molar-refractivity contribution in [1.82, 2.24) is 0 Å². The second-order valence-electron chi connectivity index (χ2n) is 7.47. The Morgan fingerprint density at radius 1 is 0.812 bits per heavy atom. The van der Waals surface area contributed by atoms with Crippen LogP contribution in [-0.4, -0.2) is 25.0 Å². The van der Waals surface area contributed by atoms with Gasteiger partial charge in [0.25, 0.3) is 5.91 Å². The van der Waals surface area contributed by atoms with E-state index in [-0.39, 0.29) is 5.91 Å². The van der Waals surface area contributed by atoms with Crippen LogP contribution in [0.5, 0.6) is 0 Å². The van der Waals surface area contributed by atoms with E-state index >= 15 is 0 Å². The maximum atomic E-state index is 13.1. The highest BCUT2D eigenvalue weighted by Gasteiger charge is 2.18. The predicted molar refractivity (Wildman–Crippen MR) is 126 cm³/mol. The molecule has 3 N–H and O–H groups in total. The van der Waals surface area contributed by atoms with Crippen LogP contribution in [-0.2, 0) is 0 Å². The van der Waals surface area contributed by atoms with Crippen molar-refractivity contribution >= 4 is 46.3 Å². The van der Waals surface area contributed by atoms with Crippen LogP contribution in [0.15, 0.2) is 66.7 Å². The van der Waals surface area contributed by atoms with E-state index in [1.807, 2.05) is 6.07 Å². The van der Waals surface area contributed by atoms with Gasteiger partial charge in [-0.3, -0.25) is 4.79 Å². The van der Waals surface area contributed by atoms with Crippen molar-refractivity contribution in [3.8, 4) is 0 Å². The average Bonchev–Trinajstić information content (AvgIpc) is 3.30. The number of anilines is 4. The SMILES string of the molecule is O=C(Nc1ccc(Cl)cc1)Nc1cc(NC(=O)c2ccc(F)cc2)ccc1N1CCCC1. The first-order valence-electron chi connectivity index (χ1n) is 10.3. The van der Waals surface area contributed by atoms with Gasteiger partial charge in [0.2, 0.25) is 0 Å². The molecule has 0 bridgehead atoms. The lowest BCUT2D eigenvalue weighted by Crippen LogP contribution is -2.24.